The molecule has 4 heterocycles. The topological polar surface area (TPSA) is 39.4 Å². The zero-order valence-corrected chi connectivity index (χ0v) is 27.3. The molecule has 0 aliphatic heterocycles. The van der Waals surface area contributed by atoms with Gasteiger partial charge in [-0.05, 0) is 75.1 Å². The van der Waals surface area contributed by atoms with Gasteiger partial charge in [0, 0.05) is 52.8 Å². The first-order chi connectivity index (χ1) is 24.8. The molecule has 0 radical (unpaired) electrons. The van der Waals surface area contributed by atoms with E-state index >= 15 is 0 Å². The van der Waals surface area contributed by atoms with Crippen molar-refractivity contribution in [1.29, 1.82) is 0 Å². The van der Waals surface area contributed by atoms with E-state index in [1.54, 1.807) is 6.26 Å². The molecule has 12 rings (SSSR count). The van der Waals surface area contributed by atoms with Crippen molar-refractivity contribution in [3.05, 3.63) is 146 Å². The average Bonchev–Trinajstić information content (AvgIpc) is 3.95. The standard InChI is InChI=1S/C46H24O3S/c1-3-11-28-26(9-1)39(33-15-8-18-37-42(33)43-38(50-37)22-19-25-23-24-47-44(25)43)27-10-2-4-12-29(27)40(28)34-16-7-14-30-31-20-21-36-41(46(31)49-45(30)34)32-13-5-6-17-35(32)48-36/h1-24H. The molecule has 232 valence electrons. The Morgan fingerprint density at radius 1 is 0.360 bits per heavy atom. The molecule has 50 heavy (non-hydrogen) atoms. The normalized spacial score (nSPS) is 12.4. The van der Waals surface area contributed by atoms with E-state index in [4.69, 9.17) is 13.3 Å². The highest BCUT2D eigenvalue weighted by Crippen LogP contribution is 2.50. The Morgan fingerprint density at radius 2 is 1.00 bits per heavy atom. The highest BCUT2D eigenvalue weighted by atomic mass is 32.1. The summed E-state index contributed by atoms with van der Waals surface area (Å²) >= 11 is 1.83. The Bertz CT molecular complexity index is 3330. The van der Waals surface area contributed by atoms with Crippen molar-refractivity contribution in [3.63, 3.8) is 0 Å². The molecule has 4 heteroatoms. The van der Waals surface area contributed by atoms with E-state index in [9.17, 15) is 0 Å². The van der Waals surface area contributed by atoms with Crippen LogP contribution >= 0.6 is 11.3 Å². The predicted octanol–water partition coefficient (Wildman–Crippen LogP) is 14.2. The van der Waals surface area contributed by atoms with Gasteiger partial charge in [-0.3, -0.25) is 0 Å². The van der Waals surface area contributed by atoms with E-state index in [2.05, 4.69) is 127 Å². The Kier molecular flexibility index (Phi) is 5.12. The fourth-order valence-corrected chi connectivity index (χ4v) is 9.64. The third-order valence-corrected chi connectivity index (χ3v) is 11.7. The lowest BCUT2D eigenvalue weighted by Crippen LogP contribution is -1.91. The second kappa shape index (κ2) is 9.63. The van der Waals surface area contributed by atoms with Crippen molar-refractivity contribution >= 4 is 108 Å². The third kappa shape index (κ3) is 3.38. The summed E-state index contributed by atoms with van der Waals surface area (Å²) in [7, 11) is 0. The quantitative estimate of drug-likeness (QED) is 0.174. The number of hydrogen-bond acceptors (Lipinski definition) is 4. The lowest BCUT2D eigenvalue weighted by Gasteiger charge is -2.18. The Balaban J connectivity index is 1.22. The number of hydrogen-bond donors (Lipinski definition) is 0. The molecule has 8 aromatic carbocycles. The lowest BCUT2D eigenvalue weighted by molar-refractivity contribution is 0.619. The van der Waals surface area contributed by atoms with Crippen LogP contribution in [0.3, 0.4) is 0 Å². The van der Waals surface area contributed by atoms with Crippen LogP contribution in [0.1, 0.15) is 0 Å². The first-order valence-corrected chi connectivity index (χ1v) is 17.6. The lowest BCUT2D eigenvalue weighted by atomic mass is 9.84. The minimum atomic E-state index is 0.835. The van der Waals surface area contributed by atoms with E-state index < -0.39 is 0 Å². The predicted molar refractivity (Wildman–Crippen MR) is 210 cm³/mol. The molecule has 0 amide bonds. The van der Waals surface area contributed by atoms with E-state index in [-0.39, 0.29) is 0 Å². The molecule has 12 aromatic rings. The van der Waals surface area contributed by atoms with Crippen LogP contribution in [0.2, 0.25) is 0 Å². The van der Waals surface area contributed by atoms with Gasteiger partial charge in [-0.15, -0.1) is 11.3 Å². The van der Waals surface area contributed by atoms with Gasteiger partial charge < -0.3 is 13.3 Å². The molecular weight excluding hydrogens is 633 g/mol. The average molecular weight is 657 g/mol. The molecule has 0 saturated carbocycles. The van der Waals surface area contributed by atoms with Crippen LogP contribution in [0.25, 0.3) is 119 Å². The van der Waals surface area contributed by atoms with E-state index in [1.165, 1.54) is 58.4 Å². The SMILES string of the molecule is c1ccc2c(c1)oc1ccc3c4cccc(-c5c6ccccc6c(-c6cccc7sc8ccc9ccoc9c8c67)c6ccccc56)c4oc3c12. The number of para-hydroxylation sites is 2. The molecule has 0 fully saturated rings. The van der Waals surface area contributed by atoms with E-state index in [1.807, 2.05) is 23.5 Å². The molecule has 0 saturated heterocycles. The smallest absolute Gasteiger partial charge is 0.147 e. The molecular formula is C46H24O3S. The van der Waals surface area contributed by atoms with Gasteiger partial charge in [-0.1, -0.05) is 97.1 Å². The number of fused-ring (bicyclic) bond motifs is 14. The highest BCUT2D eigenvalue weighted by molar-refractivity contribution is 7.26. The monoisotopic (exact) mass is 656 g/mol. The fourth-order valence-electron chi connectivity index (χ4n) is 8.51. The third-order valence-electron chi connectivity index (χ3n) is 10.6. The van der Waals surface area contributed by atoms with Crippen molar-refractivity contribution in [2.75, 3.05) is 0 Å². The molecule has 0 aliphatic rings. The summed E-state index contributed by atoms with van der Waals surface area (Å²) in [6.45, 7) is 0. The Labute approximate surface area is 288 Å². The van der Waals surface area contributed by atoms with Crippen LogP contribution in [0.4, 0.5) is 0 Å². The van der Waals surface area contributed by atoms with Crippen molar-refractivity contribution in [1.82, 2.24) is 0 Å². The largest absolute Gasteiger partial charge is 0.464 e. The zero-order valence-electron chi connectivity index (χ0n) is 26.5. The first-order valence-electron chi connectivity index (χ1n) is 16.8. The fraction of sp³-hybridized carbons (Fsp3) is 0. The minimum absolute atomic E-state index is 0.835. The van der Waals surface area contributed by atoms with E-state index in [0.717, 1.165) is 60.4 Å². The first kappa shape index (κ1) is 26.6. The highest BCUT2D eigenvalue weighted by Gasteiger charge is 2.24. The number of thiophene rings is 1. The minimum Gasteiger partial charge on any atom is -0.464 e. The summed E-state index contributed by atoms with van der Waals surface area (Å²) < 4.78 is 21.9. The van der Waals surface area contributed by atoms with Gasteiger partial charge >= 0.3 is 0 Å². The second-order valence-corrected chi connectivity index (χ2v) is 14.2. The van der Waals surface area contributed by atoms with Crippen LogP contribution < -0.4 is 0 Å². The molecule has 0 N–H and O–H groups in total. The van der Waals surface area contributed by atoms with Crippen molar-refractivity contribution in [2.45, 2.75) is 0 Å². The van der Waals surface area contributed by atoms with Crippen LogP contribution in [-0.2, 0) is 0 Å². The van der Waals surface area contributed by atoms with Gasteiger partial charge in [0.2, 0.25) is 0 Å². The van der Waals surface area contributed by atoms with Gasteiger partial charge in [-0.2, -0.15) is 0 Å². The van der Waals surface area contributed by atoms with Gasteiger partial charge in [-0.25, -0.2) is 0 Å². The summed E-state index contributed by atoms with van der Waals surface area (Å²) in [4.78, 5) is 0. The van der Waals surface area contributed by atoms with Gasteiger partial charge in [0.1, 0.15) is 27.9 Å². The molecule has 0 aliphatic carbocycles. The van der Waals surface area contributed by atoms with Gasteiger partial charge in [0.05, 0.1) is 11.6 Å². The van der Waals surface area contributed by atoms with Crippen LogP contribution in [0, 0.1) is 0 Å². The molecule has 0 unspecified atom stereocenters. The van der Waals surface area contributed by atoms with Crippen molar-refractivity contribution in [3.8, 4) is 22.3 Å². The summed E-state index contributed by atoms with van der Waals surface area (Å²) in [5.41, 5.74) is 9.09. The molecule has 0 atom stereocenters. The van der Waals surface area contributed by atoms with Crippen molar-refractivity contribution in [2.24, 2.45) is 0 Å². The maximum Gasteiger partial charge on any atom is 0.147 e. The van der Waals surface area contributed by atoms with Crippen LogP contribution in [0.5, 0.6) is 0 Å². The molecule has 0 spiro atoms. The second-order valence-electron chi connectivity index (χ2n) is 13.1. The molecule has 3 nitrogen and oxygen atoms in total. The maximum absolute atomic E-state index is 6.99. The number of rotatable bonds is 2. The Hall–Kier alpha value is -6.36. The number of benzene rings is 8. The number of furan rings is 3. The molecule has 0 bridgehead atoms. The molecule has 4 aromatic heterocycles. The summed E-state index contributed by atoms with van der Waals surface area (Å²) in [5.74, 6) is 0. The Morgan fingerprint density at radius 3 is 1.80 bits per heavy atom. The summed E-state index contributed by atoms with van der Waals surface area (Å²) in [6, 6.07) is 49.8. The van der Waals surface area contributed by atoms with Gasteiger partial charge in [0.25, 0.3) is 0 Å². The van der Waals surface area contributed by atoms with Gasteiger partial charge in [0.15, 0.2) is 0 Å². The maximum atomic E-state index is 6.99. The van der Waals surface area contributed by atoms with Crippen LogP contribution in [0.15, 0.2) is 159 Å². The van der Waals surface area contributed by atoms with Crippen LogP contribution in [-0.4, -0.2) is 0 Å². The summed E-state index contributed by atoms with van der Waals surface area (Å²) in [6.07, 6.45) is 1.80. The van der Waals surface area contributed by atoms with Crippen molar-refractivity contribution < 1.29 is 13.3 Å². The summed E-state index contributed by atoms with van der Waals surface area (Å²) in [5, 5.41) is 12.6. The van der Waals surface area contributed by atoms with E-state index in [0.29, 0.717) is 0 Å². The zero-order chi connectivity index (χ0) is 32.5.